The maximum atomic E-state index is 13.0. The summed E-state index contributed by atoms with van der Waals surface area (Å²) in [4.78, 5) is 39.1. The second-order valence-electron chi connectivity index (χ2n) is 8.39. The van der Waals surface area contributed by atoms with Crippen LogP contribution in [0.2, 0.25) is 0 Å². The Bertz CT molecular complexity index is 737. The van der Waals surface area contributed by atoms with Crippen LogP contribution in [0.5, 0.6) is 0 Å². The summed E-state index contributed by atoms with van der Waals surface area (Å²) in [6.07, 6.45) is 2.23. The summed E-state index contributed by atoms with van der Waals surface area (Å²) in [5.74, 6) is -0.146. The molecule has 2 heterocycles. The molecule has 0 bridgehead atoms. The molecule has 29 heavy (non-hydrogen) atoms. The molecule has 3 rings (SSSR count). The van der Waals surface area contributed by atoms with Crippen molar-refractivity contribution >= 4 is 17.8 Å². The zero-order valence-corrected chi connectivity index (χ0v) is 17.4. The Morgan fingerprint density at radius 1 is 1.24 bits per heavy atom. The number of amides is 2. The van der Waals surface area contributed by atoms with Gasteiger partial charge >= 0.3 is 5.97 Å². The van der Waals surface area contributed by atoms with Gasteiger partial charge in [-0.2, -0.15) is 0 Å². The molecule has 2 N–H and O–H groups in total. The van der Waals surface area contributed by atoms with E-state index in [9.17, 15) is 14.4 Å². The highest BCUT2D eigenvalue weighted by Crippen LogP contribution is 2.21. The van der Waals surface area contributed by atoms with Crippen molar-refractivity contribution in [3.05, 3.63) is 35.9 Å². The summed E-state index contributed by atoms with van der Waals surface area (Å²) < 4.78 is 5.45. The van der Waals surface area contributed by atoms with Gasteiger partial charge in [0.15, 0.2) is 0 Å². The largest absolute Gasteiger partial charge is 0.459 e. The summed E-state index contributed by atoms with van der Waals surface area (Å²) in [6.45, 7) is 6.69. The number of carbonyl (C=O) groups excluding carboxylic acids is 3. The van der Waals surface area contributed by atoms with Crippen LogP contribution in [-0.4, -0.2) is 53.4 Å². The number of benzene rings is 1. The smallest absolute Gasteiger partial charge is 0.329 e. The Kier molecular flexibility index (Phi) is 6.90. The lowest BCUT2D eigenvalue weighted by molar-refractivity contribution is -0.155. The van der Waals surface area contributed by atoms with Crippen molar-refractivity contribution in [1.82, 2.24) is 15.5 Å². The second-order valence-corrected chi connectivity index (χ2v) is 8.39. The fourth-order valence-corrected chi connectivity index (χ4v) is 4.03. The Hall–Kier alpha value is -2.41. The van der Waals surface area contributed by atoms with E-state index in [1.807, 2.05) is 30.3 Å². The van der Waals surface area contributed by atoms with E-state index in [1.165, 1.54) is 0 Å². The Morgan fingerprint density at radius 2 is 1.97 bits per heavy atom. The molecule has 7 heteroatoms. The van der Waals surface area contributed by atoms with E-state index >= 15 is 0 Å². The zero-order valence-electron chi connectivity index (χ0n) is 17.4. The Balaban J connectivity index is 1.54. The average molecular weight is 402 g/mol. The predicted octanol–water partition coefficient (Wildman–Crippen LogP) is 1.61. The fraction of sp³-hybridized carbons (Fsp3) is 0.591. The van der Waals surface area contributed by atoms with Crippen LogP contribution in [0.15, 0.2) is 30.3 Å². The summed E-state index contributed by atoms with van der Waals surface area (Å²) >= 11 is 0. The number of hydrogen-bond donors (Lipinski definition) is 2. The number of ether oxygens (including phenoxy) is 1. The first-order valence-corrected chi connectivity index (χ1v) is 10.4. The Morgan fingerprint density at radius 3 is 2.62 bits per heavy atom. The SMILES string of the molecule is CC(C)C[C@H]1NC(=O)[C@@H]1N[C@@H](C)C(=O)N1CCC[C@H]1C(=O)OCc1ccccc1. The van der Waals surface area contributed by atoms with Crippen LogP contribution in [0.1, 0.15) is 45.6 Å². The first-order valence-electron chi connectivity index (χ1n) is 10.4. The molecule has 4 atom stereocenters. The Labute approximate surface area is 172 Å². The maximum absolute atomic E-state index is 13.0. The molecule has 1 aromatic carbocycles. The molecular weight excluding hydrogens is 370 g/mol. The van der Waals surface area contributed by atoms with Crippen molar-refractivity contribution in [1.29, 1.82) is 0 Å². The highest BCUT2D eigenvalue weighted by molar-refractivity contribution is 5.91. The van der Waals surface area contributed by atoms with Gasteiger partial charge in [-0.1, -0.05) is 44.2 Å². The lowest BCUT2D eigenvalue weighted by atomic mass is 9.90. The molecule has 0 aliphatic carbocycles. The van der Waals surface area contributed by atoms with Crippen LogP contribution in [-0.2, 0) is 25.7 Å². The third-order valence-electron chi connectivity index (χ3n) is 5.57. The van der Waals surface area contributed by atoms with Gasteiger partial charge in [-0.05, 0) is 37.7 Å². The van der Waals surface area contributed by atoms with Gasteiger partial charge in [0.25, 0.3) is 0 Å². The van der Waals surface area contributed by atoms with Crippen molar-refractivity contribution in [2.75, 3.05) is 6.54 Å². The molecule has 1 aromatic rings. The van der Waals surface area contributed by atoms with Gasteiger partial charge in [0, 0.05) is 6.54 Å². The predicted molar refractivity (Wildman–Crippen MR) is 109 cm³/mol. The van der Waals surface area contributed by atoms with E-state index in [0.717, 1.165) is 18.4 Å². The molecule has 7 nitrogen and oxygen atoms in total. The van der Waals surface area contributed by atoms with Crippen LogP contribution < -0.4 is 10.6 Å². The number of likely N-dealkylation sites (tertiary alicyclic amines) is 1. The molecule has 2 amide bonds. The minimum Gasteiger partial charge on any atom is -0.459 e. The third-order valence-corrected chi connectivity index (χ3v) is 5.57. The van der Waals surface area contributed by atoms with E-state index in [2.05, 4.69) is 24.5 Å². The van der Waals surface area contributed by atoms with Crippen LogP contribution in [0.3, 0.4) is 0 Å². The first kappa shape index (κ1) is 21.3. The van der Waals surface area contributed by atoms with Crippen molar-refractivity contribution in [3.8, 4) is 0 Å². The average Bonchev–Trinajstić information content (AvgIpc) is 3.19. The first-order chi connectivity index (χ1) is 13.9. The molecule has 0 saturated carbocycles. The quantitative estimate of drug-likeness (QED) is 0.510. The summed E-state index contributed by atoms with van der Waals surface area (Å²) in [7, 11) is 0. The van der Waals surface area contributed by atoms with Crippen LogP contribution in [0.25, 0.3) is 0 Å². The van der Waals surface area contributed by atoms with Gasteiger partial charge in [-0.15, -0.1) is 0 Å². The summed E-state index contributed by atoms with van der Waals surface area (Å²) in [5.41, 5.74) is 0.916. The molecule has 158 valence electrons. The third kappa shape index (κ3) is 5.15. The van der Waals surface area contributed by atoms with E-state index in [0.29, 0.717) is 18.9 Å². The van der Waals surface area contributed by atoms with Gasteiger partial charge in [-0.3, -0.25) is 14.9 Å². The molecule has 0 radical (unpaired) electrons. The van der Waals surface area contributed by atoms with Crippen LogP contribution in [0.4, 0.5) is 0 Å². The van der Waals surface area contributed by atoms with Crippen molar-refractivity contribution in [3.63, 3.8) is 0 Å². The molecule has 2 saturated heterocycles. The molecule has 0 aromatic heterocycles. The van der Waals surface area contributed by atoms with Crippen molar-refractivity contribution < 1.29 is 19.1 Å². The minimum absolute atomic E-state index is 0.0444. The molecule has 2 aliphatic rings. The normalized spacial score (nSPS) is 24.8. The highest BCUT2D eigenvalue weighted by Gasteiger charge is 2.43. The van der Waals surface area contributed by atoms with Crippen LogP contribution >= 0.6 is 0 Å². The van der Waals surface area contributed by atoms with E-state index in [4.69, 9.17) is 4.74 Å². The van der Waals surface area contributed by atoms with E-state index < -0.39 is 12.1 Å². The number of esters is 1. The monoisotopic (exact) mass is 401 g/mol. The van der Waals surface area contributed by atoms with E-state index in [1.54, 1.807) is 11.8 Å². The minimum atomic E-state index is -0.558. The number of β-lactam (4-membered cyclic amide) rings is 1. The van der Waals surface area contributed by atoms with Crippen molar-refractivity contribution in [2.24, 2.45) is 5.92 Å². The second kappa shape index (κ2) is 9.39. The fourth-order valence-electron chi connectivity index (χ4n) is 4.03. The number of nitrogens with one attached hydrogen (secondary N) is 2. The van der Waals surface area contributed by atoms with Crippen molar-refractivity contribution in [2.45, 2.75) is 70.8 Å². The highest BCUT2D eigenvalue weighted by atomic mass is 16.5. The standard InChI is InChI=1S/C22H31N3O4/c1-14(2)12-17-19(20(26)24-17)23-15(3)21(27)25-11-7-10-18(25)22(28)29-13-16-8-5-4-6-9-16/h4-6,8-9,14-15,17-19,23H,7,10-13H2,1-3H3,(H,24,26)/t15-,17+,18-,19+/m0/s1. The molecular formula is C22H31N3O4. The maximum Gasteiger partial charge on any atom is 0.329 e. The molecule has 0 spiro atoms. The zero-order chi connectivity index (χ0) is 21.0. The van der Waals surface area contributed by atoms with Crippen LogP contribution in [0, 0.1) is 5.92 Å². The van der Waals surface area contributed by atoms with Gasteiger partial charge in [0.05, 0.1) is 12.1 Å². The van der Waals surface area contributed by atoms with Gasteiger partial charge in [0.2, 0.25) is 11.8 Å². The topological polar surface area (TPSA) is 87.7 Å². The summed E-state index contributed by atoms with van der Waals surface area (Å²) in [6, 6.07) is 8.08. The number of carbonyl (C=O) groups is 3. The van der Waals surface area contributed by atoms with Gasteiger partial charge in [0.1, 0.15) is 18.7 Å². The molecule has 2 fully saturated rings. The lowest BCUT2D eigenvalue weighted by Crippen LogP contribution is -2.70. The summed E-state index contributed by atoms with van der Waals surface area (Å²) in [5, 5.41) is 6.06. The molecule has 0 unspecified atom stereocenters. The van der Waals surface area contributed by atoms with Gasteiger partial charge < -0.3 is 15.0 Å². The number of rotatable bonds is 8. The lowest BCUT2D eigenvalue weighted by Gasteiger charge is -2.40. The number of hydrogen-bond acceptors (Lipinski definition) is 5. The van der Waals surface area contributed by atoms with E-state index in [-0.39, 0.29) is 36.5 Å². The number of nitrogens with zero attached hydrogens (tertiary/aromatic N) is 1. The molecule has 2 aliphatic heterocycles. The van der Waals surface area contributed by atoms with Gasteiger partial charge in [-0.25, -0.2) is 4.79 Å².